The third-order valence-corrected chi connectivity index (χ3v) is 6.83. The zero-order valence-corrected chi connectivity index (χ0v) is 21.0. The smallest absolute Gasteiger partial charge is 0.0541 e. The van der Waals surface area contributed by atoms with Gasteiger partial charge in [0.05, 0.1) is 11.0 Å². The van der Waals surface area contributed by atoms with Crippen LogP contribution in [0.3, 0.4) is 0 Å². The topological polar surface area (TPSA) is 8.17 Å². The van der Waals surface area contributed by atoms with Crippen molar-refractivity contribution in [3.63, 3.8) is 0 Å². The largest absolute Gasteiger partial charge is 0.336 e. The molecule has 6 rings (SSSR count). The summed E-state index contributed by atoms with van der Waals surface area (Å²) in [6.45, 7) is 6.80. The molecular weight excluding hydrogens is 436 g/mol. The number of para-hydroxylation sites is 2. The van der Waals surface area contributed by atoms with E-state index in [1.807, 2.05) is 0 Å². The van der Waals surface area contributed by atoms with E-state index in [9.17, 15) is 0 Å². The average molecular weight is 467 g/mol. The molecule has 0 saturated carbocycles. The summed E-state index contributed by atoms with van der Waals surface area (Å²) in [5, 5.41) is 2.57. The summed E-state index contributed by atoms with van der Waals surface area (Å²) >= 11 is 0. The highest BCUT2D eigenvalue weighted by molar-refractivity contribution is 6.09. The number of hydrogen-bond acceptors (Lipinski definition) is 1. The molecule has 0 N–H and O–H groups in total. The van der Waals surface area contributed by atoms with Gasteiger partial charge in [-0.05, 0) is 80.4 Å². The summed E-state index contributed by atoms with van der Waals surface area (Å²) < 4.78 is 2.37. The van der Waals surface area contributed by atoms with Gasteiger partial charge in [0, 0.05) is 33.4 Å². The number of nitrogens with zero attached hydrogens (tertiary/aromatic N) is 2. The Morgan fingerprint density at radius 1 is 0.500 bits per heavy atom. The van der Waals surface area contributed by atoms with Crippen LogP contribution in [0, 0.1) is 0 Å². The first-order valence-electron chi connectivity index (χ1n) is 12.5. The lowest BCUT2D eigenvalue weighted by atomic mass is 10.00. The highest BCUT2D eigenvalue weighted by atomic mass is 15.2. The number of benzene rings is 5. The van der Waals surface area contributed by atoms with Gasteiger partial charge in [-0.15, -0.1) is 0 Å². The zero-order chi connectivity index (χ0) is 24.7. The molecule has 0 aliphatic heterocycles. The maximum absolute atomic E-state index is 2.43. The molecular formula is C34H30N2. The molecule has 6 aromatic rings. The third-order valence-electron chi connectivity index (χ3n) is 6.83. The van der Waals surface area contributed by atoms with Crippen molar-refractivity contribution in [1.29, 1.82) is 0 Å². The van der Waals surface area contributed by atoms with E-state index < -0.39 is 0 Å². The quantitative estimate of drug-likeness (QED) is 0.251. The molecule has 0 spiro atoms. The molecule has 5 aromatic carbocycles. The molecule has 0 aliphatic carbocycles. The van der Waals surface area contributed by atoms with Crippen LogP contribution in [0.15, 0.2) is 127 Å². The minimum Gasteiger partial charge on any atom is -0.336 e. The van der Waals surface area contributed by atoms with E-state index in [1.165, 1.54) is 50.0 Å². The van der Waals surface area contributed by atoms with Gasteiger partial charge in [0.15, 0.2) is 0 Å². The van der Waals surface area contributed by atoms with E-state index in [1.54, 1.807) is 0 Å². The molecule has 0 fully saturated rings. The van der Waals surface area contributed by atoms with Gasteiger partial charge in [-0.2, -0.15) is 0 Å². The molecule has 0 aliphatic rings. The van der Waals surface area contributed by atoms with Crippen LogP contribution in [0.25, 0.3) is 38.6 Å². The molecule has 0 unspecified atom stereocenters. The Morgan fingerprint density at radius 2 is 1.06 bits per heavy atom. The maximum Gasteiger partial charge on any atom is 0.0541 e. The molecule has 176 valence electrons. The van der Waals surface area contributed by atoms with Gasteiger partial charge < -0.3 is 9.47 Å². The summed E-state index contributed by atoms with van der Waals surface area (Å²) in [4.78, 5) is 2.43. The van der Waals surface area contributed by atoms with Gasteiger partial charge in [0.2, 0.25) is 0 Å². The van der Waals surface area contributed by atoms with Gasteiger partial charge in [-0.25, -0.2) is 0 Å². The SMILES string of the molecule is CC(C)(C)N(c1ccc(-n2c3ccccc3c3ccccc32)cc1)c1cccc(-c2ccccc2)c1. The minimum absolute atomic E-state index is 0.0936. The maximum atomic E-state index is 2.43. The number of hydrogen-bond donors (Lipinski definition) is 0. The lowest BCUT2D eigenvalue weighted by Gasteiger charge is -2.38. The fourth-order valence-corrected chi connectivity index (χ4v) is 5.33. The third kappa shape index (κ3) is 3.85. The summed E-state index contributed by atoms with van der Waals surface area (Å²) in [6.07, 6.45) is 0. The molecule has 2 nitrogen and oxygen atoms in total. The van der Waals surface area contributed by atoms with E-state index in [2.05, 4.69) is 158 Å². The molecule has 0 radical (unpaired) electrons. The Balaban J connectivity index is 1.45. The van der Waals surface area contributed by atoms with E-state index in [0.29, 0.717) is 0 Å². The number of rotatable bonds is 4. The summed E-state index contributed by atoms with van der Waals surface area (Å²) in [7, 11) is 0. The van der Waals surface area contributed by atoms with E-state index in [-0.39, 0.29) is 5.54 Å². The van der Waals surface area contributed by atoms with E-state index in [0.717, 1.165) is 0 Å². The normalized spacial score (nSPS) is 11.8. The van der Waals surface area contributed by atoms with Gasteiger partial charge in [0.25, 0.3) is 0 Å². The van der Waals surface area contributed by atoms with E-state index in [4.69, 9.17) is 0 Å². The van der Waals surface area contributed by atoms with Crippen LogP contribution in [0.1, 0.15) is 20.8 Å². The average Bonchev–Trinajstić information content (AvgIpc) is 3.24. The lowest BCUT2D eigenvalue weighted by Crippen LogP contribution is -2.37. The van der Waals surface area contributed by atoms with Crippen molar-refractivity contribution in [1.82, 2.24) is 4.57 Å². The van der Waals surface area contributed by atoms with Crippen molar-refractivity contribution >= 4 is 33.2 Å². The Morgan fingerprint density at radius 3 is 1.67 bits per heavy atom. The predicted octanol–water partition coefficient (Wildman–Crippen LogP) is 9.39. The standard InChI is InChI=1S/C34H30N2/c1-34(2,3)36(29-15-11-14-26(24-29)25-12-5-4-6-13-25)28-22-20-27(21-23-28)35-32-18-9-7-16-30(32)31-17-8-10-19-33(31)35/h4-24H,1-3H3. The summed E-state index contributed by atoms with van der Waals surface area (Å²) in [5.41, 5.74) is 8.36. The summed E-state index contributed by atoms with van der Waals surface area (Å²) in [6, 6.07) is 45.7. The van der Waals surface area contributed by atoms with Crippen LogP contribution in [-0.4, -0.2) is 10.1 Å². The molecule has 1 aromatic heterocycles. The predicted molar refractivity (Wildman–Crippen MR) is 155 cm³/mol. The van der Waals surface area contributed by atoms with Crippen molar-refractivity contribution in [2.45, 2.75) is 26.3 Å². The Bertz CT molecular complexity index is 1600. The molecule has 0 atom stereocenters. The van der Waals surface area contributed by atoms with Gasteiger partial charge in [0.1, 0.15) is 0 Å². The molecule has 0 bridgehead atoms. The van der Waals surface area contributed by atoms with Crippen molar-refractivity contribution in [3.8, 4) is 16.8 Å². The van der Waals surface area contributed by atoms with Crippen LogP contribution in [0.2, 0.25) is 0 Å². The fraction of sp³-hybridized carbons (Fsp3) is 0.118. The van der Waals surface area contributed by atoms with Crippen LogP contribution in [-0.2, 0) is 0 Å². The van der Waals surface area contributed by atoms with Gasteiger partial charge >= 0.3 is 0 Å². The minimum atomic E-state index is -0.0936. The van der Waals surface area contributed by atoms with Crippen LogP contribution in [0.5, 0.6) is 0 Å². The lowest BCUT2D eigenvalue weighted by molar-refractivity contribution is 0.560. The Kier molecular flexibility index (Phi) is 5.38. The van der Waals surface area contributed by atoms with Crippen molar-refractivity contribution < 1.29 is 0 Å². The summed E-state index contributed by atoms with van der Waals surface area (Å²) in [5.74, 6) is 0. The van der Waals surface area contributed by atoms with Crippen molar-refractivity contribution in [2.24, 2.45) is 0 Å². The fourth-order valence-electron chi connectivity index (χ4n) is 5.33. The second-order valence-corrected chi connectivity index (χ2v) is 10.3. The van der Waals surface area contributed by atoms with Gasteiger partial charge in [-0.3, -0.25) is 0 Å². The van der Waals surface area contributed by atoms with Crippen LogP contribution in [0.4, 0.5) is 11.4 Å². The Labute approximate surface area is 213 Å². The molecule has 1 heterocycles. The van der Waals surface area contributed by atoms with Gasteiger partial charge in [-0.1, -0.05) is 78.9 Å². The Hall–Kier alpha value is -4.30. The van der Waals surface area contributed by atoms with Crippen molar-refractivity contribution in [3.05, 3.63) is 127 Å². The molecule has 0 amide bonds. The highest BCUT2D eigenvalue weighted by Crippen LogP contribution is 2.37. The molecule has 36 heavy (non-hydrogen) atoms. The highest BCUT2D eigenvalue weighted by Gasteiger charge is 2.24. The number of aromatic nitrogens is 1. The second kappa shape index (κ2) is 8.73. The first kappa shape index (κ1) is 22.2. The number of fused-ring (bicyclic) bond motifs is 3. The zero-order valence-electron chi connectivity index (χ0n) is 21.0. The molecule has 0 saturated heterocycles. The molecule has 2 heteroatoms. The van der Waals surface area contributed by atoms with E-state index >= 15 is 0 Å². The van der Waals surface area contributed by atoms with Crippen molar-refractivity contribution in [2.75, 3.05) is 4.90 Å². The van der Waals surface area contributed by atoms with Crippen LogP contribution < -0.4 is 4.90 Å². The second-order valence-electron chi connectivity index (χ2n) is 10.3. The first-order valence-corrected chi connectivity index (χ1v) is 12.5. The van der Waals surface area contributed by atoms with Crippen LogP contribution >= 0.6 is 0 Å². The monoisotopic (exact) mass is 466 g/mol. The number of anilines is 2. The first-order chi connectivity index (χ1) is 17.5.